The first kappa shape index (κ1) is 19.0. The fourth-order valence-corrected chi connectivity index (χ4v) is 1.82. The van der Waals surface area contributed by atoms with E-state index < -0.39 is 18.3 Å². The predicted molar refractivity (Wildman–Crippen MR) is 70.9 cm³/mol. The van der Waals surface area contributed by atoms with E-state index in [9.17, 15) is 17.3 Å². The van der Waals surface area contributed by atoms with Gasteiger partial charge in [0.05, 0.1) is 0 Å². The normalized spacial score (nSPS) is 10.9. The Morgan fingerprint density at radius 3 is 2.43 bits per heavy atom. The van der Waals surface area contributed by atoms with Crippen LogP contribution in [0.5, 0.6) is 5.75 Å². The van der Waals surface area contributed by atoms with Gasteiger partial charge in [-0.05, 0) is 30.3 Å². The van der Waals surface area contributed by atoms with Gasteiger partial charge in [0.1, 0.15) is 18.2 Å². The summed E-state index contributed by atoms with van der Waals surface area (Å²) < 4.78 is 56.3. The van der Waals surface area contributed by atoms with Crippen LogP contribution in [-0.2, 0) is 6.61 Å². The topological polar surface area (TPSA) is 9.23 Å². The minimum atomic E-state index is -5.08. The van der Waals surface area contributed by atoms with Gasteiger partial charge < -0.3 is 17.7 Å². The molecule has 2 rings (SSSR count). The largest absolute Gasteiger partial charge is 1.00 e. The van der Waals surface area contributed by atoms with Gasteiger partial charge in [-0.15, -0.1) is 5.46 Å². The van der Waals surface area contributed by atoms with Crippen LogP contribution in [0.4, 0.5) is 17.3 Å². The first-order valence-corrected chi connectivity index (χ1v) is 6.11. The van der Waals surface area contributed by atoms with Crippen LogP contribution < -0.4 is 61.6 Å². The van der Waals surface area contributed by atoms with Gasteiger partial charge in [-0.25, -0.2) is 4.39 Å². The molecule has 0 amide bonds. The van der Waals surface area contributed by atoms with Gasteiger partial charge in [0.15, 0.2) is 0 Å². The van der Waals surface area contributed by atoms with Gasteiger partial charge in [0.2, 0.25) is 0 Å². The summed E-state index contributed by atoms with van der Waals surface area (Å²) >= 11 is 5.72. The Bertz CT molecular complexity index is 621. The van der Waals surface area contributed by atoms with Crippen LogP contribution in [0.15, 0.2) is 42.5 Å². The van der Waals surface area contributed by atoms with Crippen molar-refractivity contribution in [2.45, 2.75) is 6.61 Å². The summed E-state index contributed by atoms with van der Waals surface area (Å²) in [5.74, 6) is -0.494. The molecule has 0 bridgehead atoms. The molecule has 0 aliphatic carbocycles. The number of halogens is 5. The molecular weight excluding hydrogens is 333 g/mol. The molecule has 0 aliphatic rings. The van der Waals surface area contributed by atoms with Crippen molar-refractivity contribution in [2.75, 3.05) is 0 Å². The Morgan fingerprint density at radius 1 is 1.05 bits per heavy atom. The monoisotopic (exact) mass is 342 g/mol. The first-order chi connectivity index (χ1) is 9.36. The molecule has 1 nitrogen and oxygen atoms in total. The average Bonchev–Trinajstić information content (AvgIpc) is 2.39. The summed E-state index contributed by atoms with van der Waals surface area (Å²) in [7, 11) is 0. The quantitative estimate of drug-likeness (QED) is 0.598. The Balaban J connectivity index is 0.00000220. The van der Waals surface area contributed by atoms with Crippen molar-refractivity contribution in [1.82, 2.24) is 0 Å². The third-order valence-corrected chi connectivity index (χ3v) is 2.87. The molecule has 0 fully saturated rings. The van der Waals surface area contributed by atoms with Gasteiger partial charge in [0.25, 0.3) is 0 Å². The smallest absolute Gasteiger partial charge is 0.489 e. The zero-order valence-electron chi connectivity index (χ0n) is 11.1. The fourth-order valence-electron chi connectivity index (χ4n) is 1.62. The van der Waals surface area contributed by atoms with Gasteiger partial charge in [0, 0.05) is 10.6 Å². The van der Waals surface area contributed by atoms with Gasteiger partial charge in [-0.2, -0.15) is 0 Å². The van der Waals surface area contributed by atoms with Crippen LogP contribution in [0.25, 0.3) is 0 Å². The molecule has 0 atom stereocenters. The first-order valence-electron chi connectivity index (χ1n) is 5.73. The van der Waals surface area contributed by atoms with Crippen LogP contribution in [0.3, 0.4) is 0 Å². The van der Waals surface area contributed by atoms with Gasteiger partial charge in [-0.3, -0.25) is 0 Å². The Kier molecular flexibility index (Phi) is 7.23. The maximum atomic E-state index is 13.4. The second-order valence-corrected chi connectivity index (χ2v) is 4.61. The van der Waals surface area contributed by atoms with E-state index in [0.717, 1.165) is 12.1 Å². The molecular formula is C13H9BClF4KO. The molecule has 0 saturated carbocycles. The molecule has 106 valence electrons. The van der Waals surface area contributed by atoms with Crippen molar-refractivity contribution in [2.24, 2.45) is 0 Å². The van der Waals surface area contributed by atoms with E-state index in [1.807, 2.05) is 0 Å². The average molecular weight is 343 g/mol. The number of hydrogen-bond acceptors (Lipinski definition) is 1. The molecule has 0 heterocycles. The SMILES string of the molecule is Fc1ccc(Cl)cc1COc1cccc([B-](F)(F)F)c1.[K+]. The molecule has 0 N–H and O–H groups in total. The molecule has 0 unspecified atom stereocenters. The van der Waals surface area contributed by atoms with Crippen LogP contribution in [0.1, 0.15) is 5.56 Å². The van der Waals surface area contributed by atoms with Crippen LogP contribution in [-0.4, -0.2) is 6.98 Å². The molecule has 0 spiro atoms. The van der Waals surface area contributed by atoms with Gasteiger partial charge in [-0.1, -0.05) is 23.7 Å². The third-order valence-electron chi connectivity index (χ3n) is 2.64. The van der Waals surface area contributed by atoms with Crippen LogP contribution >= 0.6 is 11.6 Å². The Hall–Kier alpha value is -0.0487. The Morgan fingerprint density at radius 2 is 1.76 bits per heavy atom. The van der Waals surface area contributed by atoms with Gasteiger partial charge >= 0.3 is 58.4 Å². The van der Waals surface area contributed by atoms with E-state index >= 15 is 0 Å². The van der Waals surface area contributed by atoms with E-state index in [-0.39, 0.29) is 69.3 Å². The summed E-state index contributed by atoms with van der Waals surface area (Å²) in [6, 6.07) is 8.41. The van der Waals surface area contributed by atoms with Crippen LogP contribution in [0, 0.1) is 5.82 Å². The van der Waals surface area contributed by atoms with Crippen molar-refractivity contribution in [3.05, 3.63) is 58.9 Å². The van der Waals surface area contributed by atoms with E-state index in [1.54, 1.807) is 0 Å². The van der Waals surface area contributed by atoms with E-state index in [2.05, 4.69) is 0 Å². The molecule has 8 heteroatoms. The molecule has 2 aromatic rings. The van der Waals surface area contributed by atoms with Crippen molar-refractivity contribution >= 4 is 24.0 Å². The molecule has 2 aromatic carbocycles. The third kappa shape index (κ3) is 5.58. The van der Waals surface area contributed by atoms with Crippen LogP contribution in [0.2, 0.25) is 5.02 Å². The zero-order valence-corrected chi connectivity index (χ0v) is 15.0. The van der Waals surface area contributed by atoms with E-state index in [4.69, 9.17) is 16.3 Å². The summed E-state index contributed by atoms with van der Waals surface area (Å²) in [6.45, 7) is -5.28. The van der Waals surface area contributed by atoms with Crippen molar-refractivity contribution in [3.8, 4) is 5.75 Å². The number of hydrogen-bond donors (Lipinski definition) is 0. The second kappa shape index (κ2) is 7.99. The van der Waals surface area contributed by atoms with Crippen molar-refractivity contribution in [3.63, 3.8) is 0 Å². The molecule has 0 radical (unpaired) electrons. The second-order valence-electron chi connectivity index (χ2n) is 4.17. The summed E-state index contributed by atoms with van der Waals surface area (Å²) in [5.41, 5.74) is -0.575. The summed E-state index contributed by atoms with van der Waals surface area (Å²) in [4.78, 5) is 0. The maximum Gasteiger partial charge on any atom is 1.00 e. The number of ether oxygens (including phenoxy) is 1. The number of benzene rings is 2. The van der Waals surface area contributed by atoms with Crippen molar-refractivity contribution < 1.29 is 73.5 Å². The predicted octanol–water partition coefficient (Wildman–Crippen LogP) is 1.12. The summed E-state index contributed by atoms with van der Waals surface area (Å²) in [5, 5.41) is 0.331. The van der Waals surface area contributed by atoms with Crippen molar-refractivity contribution in [1.29, 1.82) is 0 Å². The maximum absolute atomic E-state index is 13.4. The molecule has 0 saturated heterocycles. The Labute approximate surface area is 167 Å². The summed E-state index contributed by atoms with van der Waals surface area (Å²) in [6.07, 6.45) is 0. The number of rotatable bonds is 4. The molecule has 0 aromatic heterocycles. The van der Waals surface area contributed by atoms with E-state index in [0.29, 0.717) is 5.02 Å². The van der Waals surface area contributed by atoms with E-state index in [1.165, 1.54) is 30.3 Å². The zero-order chi connectivity index (χ0) is 14.8. The molecule has 21 heavy (non-hydrogen) atoms. The molecule has 0 aliphatic heterocycles. The fraction of sp³-hybridized carbons (Fsp3) is 0.0769. The minimum Gasteiger partial charge on any atom is -0.489 e. The standard InChI is InChI=1S/C13H9BClF4O.K/c15-11-4-5-13(16)9(6-11)8-20-12-3-1-2-10(7-12)14(17,18)19;/h1-7H,8H2;/q-1;+1. The minimum absolute atomic E-state index is 0.